The summed E-state index contributed by atoms with van der Waals surface area (Å²) < 4.78 is 17.4. The van der Waals surface area contributed by atoms with Crippen molar-refractivity contribution in [3.63, 3.8) is 0 Å². The van der Waals surface area contributed by atoms with Crippen LogP contribution in [-0.2, 0) is 11.8 Å². The number of unbranched alkanes of at least 4 members (excludes halogenated alkanes) is 5. The molecule has 0 saturated carbocycles. The van der Waals surface area contributed by atoms with Crippen molar-refractivity contribution >= 4 is 28.6 Å². The van der Waals surface area contributed by atoms with Crippen LogP contribution in [0.25, 0.3) is 17.0 Å². The first-order chi connectivity index (χ1) is 18.3. The lowest BCUT2D eigenvalue weighted by Crippen LogP contribution is -2.20. The number of phenolic OH excluding ortho intramolecular Hbond substituents is 1. The van der Waals surface area contributed by atoms with Crippen LogP contribution < -0.4 is 25.1 Å². The highest BCUT2D eigenvalue weighted by Crippen LogP contribution is 2.37. The molecule has 1 heterocycles. The minimum atomic E-state index is -0.417. The molecule has 0 spiro atoms. The molecule has 3 N–H and O–H groups in total. The minimum absolute atomic E-state index is 0.0906. The molecule has 0 saturated heterocycles. The minimum Gasteiger partial charge on any atom is -0.504 e. The molecule has 0 radical (unpaired) electrons. The zero-order valence-electron chi connectivity index (χ0n) is 22.4. The van der Waals surface area contributed by atoms with Gasteiger partial charge in [-0.2, -0.15) is 0 Å². The Kier molecular flexibility index (Phi) is 10.0. The number of methoxy groups -OCH3 is 2. The van der Waals surface area contributed by atoms with Crippen molar-refractivity contribution in [1.82, 2.24) is 4.57 Å². The number of ether oxygens (including phenoxy) is 3. The van der Waals surface area contributed by atoms with Gasteiger partial charge in [-0.1, -0.05) is 39.0 Å². The number of carbonyl (C=O) groups is 1. The van der Waals surface area contributed by atoms with Crippen molar-refractivity contribution in [3.8, 4) is 28.7 Å². The first-order valence-electron chi connectivity index (χ1n) is 12.7. The van der Waals surface area contributed by atoms with Gasteiger partial charge in [-0.3, -0.25) is 9.59 Å². The summed E-state index contributed by atoms with van der Waals surface area (Å²) in [5.41, 5.74) is 1.12. The number of hydrogen-bond acceptors (Lipinski definition) is 7. The standard InChI is InChI=1S/C29H36N2O7/c1-5-6-7-8-9-10-15-38-28-26(33)21-18-20(12-13-22(21)31(2)29(28)35)30-25(32)14-11-19-16-23(36-3)27(34)24(17-19)37-4/h11-14,16-18,33-34H,5-10,15H2,1-4H3,(H,30,32)/b14-11+. The van der Waals surface area contributed by atoms with Crippen molar-refractivity contribution < 1.29 is 29.2 Å². The number of phenols is 1. The summed E-state index contributed by atoms with van der Waals surface area (Å²) in [6, 6.07) is 8.05. The highest BCUT2D eigenvalue weighted by Gasteiger charge is 2.17. The Hall–Kier alpha value is -4.14. The van der Waals surface area contributed by atoms with E-state index < -0.39 is 11.5 Å². The maximum Gasteiger partial charge on any atom is 0.297 e. The second-order valence-corrected chi connectivity index (χ2v) is 8.99. The van der Waals surface area contributed by atoms with Crippen LogP contribution in [0.4, 0.5) is 5.69 Å². The molecular weight excluding hydrogens is 488 g/mol. The number of rotatable bonds is 13. The number of aromatic hydroxyl groups is 2. The van der Waals surface area contributed by atoms with E-state index in [-0.39, 0.29) is 28.7 Å². The second kappa shape index (κ2) is 13.4. The zero-order chi connectivity index (χ0) is 27.7. The van der Waals surface area contributed by atoms with Gasteiger partial charge in [-0.05, 0) is 48.4 Å². The van der Waals surface area contributed by atoms with Crippen LogP contribution in [0.5, 0.6) is 28.7 Å². The molecule has 3 rings (SSSR count). The van der Waals surface area contributed by atoms with E-state index in [4.69, 9.17) is 14.2 Å². The number of benzene rings is 2. The van der Waals surface area contributed by atoms with E-state index in [2.05, 4.69) is 12.2 Å². The van der Waals surface area contributed by atoms with Gasteiger partial charge >= 0.3 is 0 Å². The van der Waals surface area contributed by atoms with Crippen molar-refractivity contribution in [2.24, 2.45) is 7.05 Å². The molecule has 0 atom stereocenters. The van der Waals surface area contributed by atoms with Crippen LogP contribution in [0.2, 0.25) is 0 Å². The van der Waals surface area contributed by atoms with Crippen LogP contribution in [0.3, 0.4) is 0 Å². The Balaban J connectivity index is 1.75. The van der Waals surface area contributed by atoms with Crippen LogP contribution in [0.1, 0.15) is 51.0 Å². The zero-order valence-corrected chi connectivity index (χ0v) is 22.4. The molecule has 3 aromatic rings. The third-order valence-electron chi connectivity index (χ3n) is 6.27. The van der Waals surface area contributed by atoms with Gasteiger partial charge in [0.1, 0.15) is 0 Å². The van der Waals surface area contributed by atoms with Gasteiger partial charge in [-0.15, -0.1) is 0 Å². The predicted octanol–water partition coefficient (Wildman–Crippen LogP) is 5.36. The van der Waals surface area contributed by atoms with E-state index in [1.54, 1.807) is 43.5 Å². The van der Waals surface area contributed by atoms with E-state index in [0.717, 1.165) is 19.3 Å². The molecule has 0 fully saturated rings. The van der Waals surface area contributed by atoms with Gasteiger partial charge in [0.25, 0.3) is 5.56 Å². The lowest BCUT2D eigenvalue weighted by atomic mass is 10.1. The summed E-state index contributed by atoms with van der Waals surface area (Å²) in [6.07, 6.45) is 9.36. The molecule has 2 aromatic carbocycles. The Morgan fingerprint density at radius 1 is 0.974 bits per heavy atom. The Bertz CT molecular complexity index is 1340. The second-order valence-electron chi connectivity index (χ2n) is 8.99. The molecule has 1 aromatic heterocycles. The molecule has 204 valence electrons. The molecule has 9 heteroatoms. The number of nitrogens with zero attached hydrogens (tertiary/aromatic N) is 1. The molecular formula is C29H36N2O7. The molecule has 0 aliphatic carbocycles. The lowest BCUT2D eigenvalue weighted by Gasteiger charge is -2.14. The number of aryl methyl sites for hydroxylation is 1. The van der Waals surface area contributed by atoms with Gasteiger partial charge in [0.2, 0.25) is 17.4 Å². The fraction of sp³-hybridized carbons (Fsp3) is 0.379. The average Bonchev–Trinajstić information content (AvgIpc) is 2.92. The van der Waals surface area contributed by atoms with E-state index >= 15 is 0 Å². The summed E-state index contributed by atoms with van der Waals surface area (Å²) in [4.78, 5) is 25.4. The van der Waals surface area contributed by atoms with Crippen molar-refractivity contribution in [1.29, 1.82) is 0 Å². The van der Waals surface area contributed by atoms with E-state index in [9.17, 15) is 19.8 Å². The molecule has 38 heavy (non-hydrogen) atoms. The van der Waals surface area contributed by atoms with Crippen molar-refractivity contribution in [3.05, 3.63) is 52.3 Å². The Morgan fingerprint density at radius 2 is 1.63 bits per heavy atom. The van der Waals surface area contributed by atoms with Crippen molar-refractivity contribution in [2.75, 3.05) is 26.1 Å². The van der Waals surface area contributed by atoms with Crippen LogP contribution >= 0.6 is 0 Å². The van der Waals surface area contributed by atoms with Gasteiger partial charge in [0.15, 0.2) is 17.2 Å². The highest BCUT2D eigenvalue weighted by atomic mass is 16.5. The SMILES string of the molecule is CCCCCCCCOc1c(O)c2cc(NC(=O)/C=C/c3cc(OC)c(O)c(OC)c3)ccc2n(C)c1=O. The number of fused-ring (bicyclic) bond motifs is 1. The Morgan fingerprint density at radius 3 is 2.29 bits per heavy atom. The van der Waals surface area contributed by atoms with Gasteiger partial charge in [-0.25, -0.2) is 0 Å². The third-order valence-corrected chi connectivity index (χ3v) is 6.27. The van der Waals surface area contributed by atoms with E-state index in [1.807, 2.05) is 0 Å². The maximum absolute atomic E-state index is 12.8. The Labute approximate surface area is 222 Å². The first-order valence-corrected chi connectivity index (χ1v) is 12.7. The number of amides is 1. The smallest absolute Gasteiger partial charge is 0.297 e. The molecule has 0 unspecified atom stereocenters. The largest absolute Gasteiger partial charge is 0.504 e. The maximum atomic E-state index is 12.8. The summed E-state index contributed by atoms with van der Waals surface area (Å²) >= 11 is 0. The molecule has 9 nitrogen and oxygen atoms in total. The molecule has 1 amide bonds. The van der Waals surface area contributed by atoms with Gasteiger partial charge in [0, 0.05) is 24.2 Å². The highest BCUT2D eigenvalue weighted by molar-refractivity contribution is 6.03. The van der Waals surface area contributed by atoms with Crippen LogP contribution in [0, 0.1) is 0 Å². The number of aromatic nitrogens is 1. The summed E-state index contributed by atoms with van der Waals surface area (Å²) in [6.45, 7) is 2.51. The van der Waals surface area contributed by atoms with Gasteiger partial charge in [0.05, 0.1) is 26.3 Å². The summed E-state index contributed by atoms with van der Waals surface area (Å²) in [5.74, 6) is -0.447. The average molecular weight is 525 g/mol. The lowest BCUT2D eigenvalue weighted by molar-refractivity contribution is -0.111. The van der Waals surface area contributed by atoms with Crippen LogP contribution in [0.15, 0.2) is 41.2 Å². The summed E-state index contributed by atoms with van der Waals surface area (Å²) in [5, 5.41) is 24.0. The molecule has 0 aliphatic rings. The molecule has 0 bridgehead atoms. The molecule has 0 aliphatic heterocycles. The fourth-order valence-corrected chi connectivity index (χ4v) is 4.13. The number of anilines is 1. The number of carbonyl (C=O) groups excluding carboxylic acids is 1. The number of nitrogens with one attached hydrogen (secondary N) is 1. The predicted molar refractivity (Wildman–Crippen MR) is 149 cm³/mol. The van der Waals surface area contributed by atoms with Gasteiger partial charge < -0.3 is 34.3 Å². The topological polar surface area (TPSA) is 119 Å². The third kappa shape index (κ3) is 6.79. The van der Waals surface area contributed by atoms with Crippen molar-refractivity contribution in [2.45, 2.75) is 45.4 Å². The normalized spacial score (nSPS) is 11.2. The fourth-order valence-electron chi connectivity index (χ4n) is 4.13. The van der Waals surface area contributed by atoms with E-state index in [1.165, 1.54) is 44.1 Å². The first kappa shape index (κ1) is 28.4. The summed E-state index contributed by atoms with van der Waals surface area (Å²) in [7, 11) is 4.46. The van der Waals surface area contributed by atoms with E-state index in [0.29, 0.717) is 28.8 Å². The quantitative estimate of drug-likeness (QED) is 0.203. The number of hydrogen-bond donors (Lipinski definition) is 3. The number of pyridine rings is 1. The van der Waals surface area contributed by atoms with Crippen LogP contribution in [-0.4, -0.2) is 41.5 Å². The monoisotopic (exact) mass is 524 g/mol.